The molecule has 0 fully saturated rings. The van der Waals surface area contributed by atoms with Crippen LogP contribution in [0.5, 0.6) is 0 Å². The molecular weight excluding hydrogens is 221 g/mol. The molecule has 0 aliphatic carbocycles. The van der Waals surface area contributed by atoms with Gasteiger partial charge in [0.05, 0.1) is 0 Å². The van der Waals surface area contributed by atoms with E-state index in [1.807, 2.05) is 7.05 Å². The summed E-state index contributed by atoms with van der Waals surface area (Å²) in [6, 6.07) is 4.74. The summed E-state index contributed by atoms with van der Waals surface area (Å²) >= 11 is 0. The van der Waals surface area contributed by atoms with Gasteiger partial charge in [0.1, 0.15) is 5.82 Å². The Morgan fingerprint density at radius 3 is 2.94 bits per heavy atom. The fourth-order valence-corrected chi connectivity index (χ4v) is 1.49. The smallest absolute Gasteiger partial charge is 0.257 e. The number of benzene rings is 1. The number of hydrogen-bond acceptors (Lipinski definition) is 4. The highest BCUT2D eigenvalue weighted by atomic mass is 19.1. The lowest BCUT2D eigenvalue weighted by atomic mass is 10.1. The Balaban J connectivity index is 2.21. The second kappa shape index (κ2) is 5.05. The lowest BCUT2D eigenvalue weighted by Gasteiger charge is -1.97. The Kier molecular flexibility index (Phi) is 3.49. The van der Waals surface area contributed by atoms with Gasteiger partial charge in [-0.05, 0) is 37.7 Å². The average molecular weight is 235 g/mol. The summed E-state index contributed by atoms with van der Waals surface area (Å²) in [7, 11) is 1.87. The molecule has 2 rings (SSSR count). The third-order valence-electron chi connectivity index (χ3n) is 2.47. The first-order valence-electron chi connectivity index (χ1n) is 5.44. The van der Waals surface area contributed by atoms with Gasteiger partial charge in [0.25, 0.3) is 5.89 Å². The molecular formula is C12H14FN3O. The van der Waals surface area contributed by atoms with Crippen molar-refractivity contribution < 1.29 is 8.91 Å². The van der Waals surface area contributed by atoms with Crippen molar-refractivity contribution in [2.45, 2.75) is 13.3 Å². The Bertz CT molecular complexity index is 510. The minimum absolute atomic E-state index is 0.233. The maximum atomic E-state index is 13.1. The molecule has 1 heterocycles. The van der Waals surface area contributed by atoms with Crippen molar-refractivity contribution in [3.8, 4) is 11.5 Å². The third kappa shape index (κ3) is 2.68. The van der Waals surface area contributed by atoms with Gasteiger partial charge in [0, 0.05) is 18.5 Å². The van der Waals surface area contributed by atoms with E-state index in [1.165, 1.54) is 6.07 Å². The van der Waals surface area contributed by atoms with E-state index in [0.29, 0.717) is 23.7 Å². The molecule has 0 unspecified atom stereocenters. The molecule has 0 spiro atoms. The van der Waals surface area contributed by atoms with Crippen LogP contribution in [0, 0.1) is 12.7 Å². The normalized spacial score (nSPS) is 10.8. The minimum atomic E-state index is -0.233. The zero-order valence-corrected chi connectivity index (χ0v) is 9.83. The van der Waals surface area contributed by atoms with Crippen LogP contribution in [0.3, 0.4) is 0 Å². The number of aromatic nitrogens is 2. The molecule has 5 heteroatoms. The van der Waals surface area contributed by atoms with Crippen LogP contribution >= 0.6 is 0 Å². The first kappa shape index (κ1) is 11.7. The fourth-order valence-electron chi connectivity index (χ4n) is 1.49. The van der Waals surface area contributed by atoms with E-state index >= 15 is 0 Å². The summed E-state index contributed by atoms with van der Waals surface area (Å²) in [5, 5.41) is 6.87. The standard InChI is InChI=1S/C12H14FN3O/c1-8-7-9(3-4-10(8)13)12-15-11(16-17-12)5-6-14-2/h3-4,7,14H,5-6H2,1-2H3. The van der Waals surface area contributed by atoms with Crippen molar-refractivity contribution in [1.82, 2.24) is 15.5 Å². The van der Waals surface area contributed by atoms with Crippen LogP contribution in [-0.2, 0) is 6.42 Å². The molecule has 2 aromatic rings. The van der Waals surface area contributed by atoms with Crippen LogP contribution in [-0.4, -0.2) is 23.7 Å². The summed E-state index contributed by atoms with van der Waals surface area (Å²) in [6.07, 6.45) is 0.709. The zero-order valence-electron chi connectivity index (χ0n) is 9.83. The van der Waals surface area contributed by atoms with Gasteiger partial charge >= 0.3 is 0 Å². The molecule has 0 aliphatic heterocycles. The van der Waals surface area contributed by atoms with E-state index in [2.05, 4.69) is 15.5 Å². The van der Waals surface area contributed by atoms with E-state index < -0.39 is 0 Å². The quantitative estimate of drug-likeness (QED) is 0.880. The van der Waals surface area contributed by atoms with E-state index in [4.69, 9.17) is 4.52 Å². The number of likely N-dealkylation sites (N-methyl/N-ethyl adjacent to an activating group) is 1. The van der Waals surface area contributed by atoms with Gasteiger partial charge in [-0.2, -0.15) is 4.98 Å². The number of nitrogens with one attached hydrogen (secondary N) is 1. The van der Waals surface area contributed by atoms with Crippen molar-refractivity contribution in [2.75, 3.05) is 13.6 Å². The molecule has 1 N–H and O–H groups in total. The molecule has 90 valence electrons. The van der Waals surface area contributed by atoms with Gasteiger partial charge in [-0.3, -0.25) is 0 Å². The maximum absolute atomic E-state index is 13.1. The van der Waals surface area contributed by atoms with Gasteiger partial charge in [0.2, 0.25) is 0 Å². The maximum Gasteiger partial charge on any atom is 0.257 e. The molecule has 1 aromatic heterocycles. The number of hydrogen-bond donors (Lipinski definition) is 1. The molecule has 0 amide bonds. The highest BCUT2D eigenvalue weighted by Crippen LogP contribution is 2.20. The molecule has 17 heavy (non-hydrogen) atoms. The number of halogens is 1. The molecule has 0 saturated carbocycles. The molecule has 0 aliphatic rings. The van der Waals surface area contributed by atoms with E-state index in [9.17, 15) is 4.39 Å². The number of aryl methyl sites for hydroxylation is 1. The second-order valence-corrected chi connectivity index (χ2v) is 3.83. The van der Waals surface area contributed by atoms with E-state index in [1.54, 1.807) is 19.1 Å². The van der Waals surface area contributed by atoms with Crippen molar-refractivity contribution >= 4 is 0 Å². The van der Waals surface area contributed by atoms with Gasteiger partial charge < -0.3 is 9.84 Å². The Morgan fingerprint density at radius 2 is 2.24 bits per heavy atom. The molecule has 0 atom stereocenters. The van der Waals surface area contributed by atoms with Crippen LogP contribution in [0.1, 0.15) is 11.4 Å². The molecule has 4 nitrogen and oxygen atoms in total. The Morgan fingerprint density at radius 1 is 1.41 bits per heavy atom. The first-order chi connectivity index (χ1) is 8.20. The highest BCUT2D eigenvalue weighted by molar-refractivity contribution is 5.54. The lowest BCUT2D eigenvalue weighted by molar-refractivity contribution is 0.422. The van der Waals surface area contributed by atoms with Crippen LogP contribution in [0.2, 0.25) is 0 Å². The summed E-state index contributed by atoms with van der Waals surface area (Å²) in [4.78, 5) is 4.25. The number of rotatable bonds is 4. The molecule has 0 bridgehead atoms. The fraction of sp³-hybridized carbons (Fsp3) is 0.333. The monoisotopic (exact) mass is 235 g/mol. The van der Waals surface area contributed by atoms with Crippen LogP contribution in [0.4, 0.5) is 4.39 Å². The number of nitrogens with zero attached hydrogens (tertiary/aromatic N) is 2. The topological polar surface area (TPSA) is 51.0 Å². The summed E-state index contributed by atoms with van der Waals surface area (Å²) in [5.41, 5.74) is 1.31. The van der Waals surface area contributed by atoms with Gasteiger partial charge in [0.15, 0.2) is 5.82 Å². The largest absolute Gasteiger partial charge is 0.334 e. The minimum Gasteiger partial charge on any atom is -0.334 e. The predicted molar refractivity (Wildman–Crippen MR) is 62.1 cm³/mol. The average Bonchev–Trinajstić information content (AvgIpc) is 2.79. The van der Waals surface area contributed by atoms with Crippen LogP contribution in [0.15, 0.2) is 22.7 Å². The Hall–Kier alpha value is -1.75. The van der Waals surface area contributed by atoms with Crippen molar-refractivity contribution in [1.29, 1.82) is 0 Å². The predicted octanol–water partition coefficient (Wildman–Crippen LogP) is 1.95. The van der Waals surface area contributed by atoms with Gasteiger partial charge in [-0.15, -0.1) is 0 Å². The van der Waals surface area contributed by atoms with E-state index in [-0.39, 0.29) is 5.82 Å². The lowest BCUT2D eigenvalue weighted by Crippen LogP contribution is -2.10. The highest BCUT2D eigenvalue weighted by Gasteiger charge is 2.09. The van der Waals surface area contributed by atoms with Crippen LogP contribution < -0.4 is 5.32 Å². The van der Waals surface area contributed by atoms with Gasteiger partial charge in [-0.1, -0.05) is 5.16 Å². The first-order valence-corrected chi connectivity index (χ1v) is 5.44. The third-order valence-corrected chi connectivity index (χ3v) is 2.47. The van der Waals surface area contributed by atoms with Crippen LogP contribution in [0.25, 0.3) is 11.5 Å². The molecule has 0 saturated heterocycles. The second-order valence-electron chi connectivity index (χ2n) is 3.83. The zero-order chi connectivity index (χ0) is 12.3. The SMILES string of the molecule is CNCCc1noc(-c2ccc(F)c(C)c2)n1. The summed E-state index contributed by atoms with van der Waals surface area (Å²) in [6.45, 7) is 2.50. The van der Waals surface area contributed by atoms with Crippen molar-refractivity contribution in [3.63, 3.8) is 0 Å². The summed E-state index contributed by atoms with van der Waals surface area (Å²) < 4.78 is 18.2. The van der Waals surface area contributed by atoms with Crippen molar-refractivity contribution in [3.05, 3.63) is 35.4 Å². The molecule has 0 radical (unpaired) electrons. The molecule has 1 aromatic carbocycles. The van der Waals surface area contributed by atoms with Crippen molar-refractivity contribution in [2.24, 2.45) is 0 Å². The summed E-state index contributed by atoms with van der Waals surface area (Å²) in [5.74, 6) is 0.846. The van der Waals surface area contributed by atoms with Gasteiger partial charge in [-0.25, -0.2) is 4.39 Å². The van der Waals surface area contributed by atoms with E-state index in [0.717, 1.165) is 12.1 Å². The Labute approximate surface area is 98.8 Å².